The van der Waals surface area contributed by atoms with E-state index in [-0.39, 0.29) is 16.6 Å². The Hall–Kier alpha value is -1.35. The monoisotopic (exact) mass is 193 g/mol. The highest BCUT2D eigenvalue weighted by atomic mass is 32.1. The first-order chi connectivity index (χ1) is 6.33. The maximum atomic E-state index is 13.1. The van der Waals surface area contributed by atoms with Crippen molar-refractivity contribution in [2.24, 2.45) is 0 Å². The number of benzene rings is 2. The molecular weight excluding hydrogens is 187 g/mol. The molecule has 13 heavy (non-hydrogen) atoms. The van der Waals surface area contributed by atoms with Crippen molar-refractivity contribution in [3.63, 3.8) is 0 Å². The van der Waals surface area contributed by atoms with Gasteiger partial charge in [-0.1, -0.05) is 24.3 Å². The van der Waals surface area contributed by atoms with Gasteiger partial charge >= 0.3 is 16.6 Å². The number of hydrogen-bond donors (Lipinski definition) is 0. The van der Waals surface area contributed by atoms with Crippen LogP contribution in [0.5, 0.6) is 0 Å². The van der Waals surface area contributed by atoms with Gasteiger partial charge in [-0.25, -0.2) is 4.39 Å². The van der Waals surface area contributed by atoms with E-state index >= 15 is 0 Å². The van der Waals surface area contributed by atoms with Crippen LogP contribution in [-0.2, 0) is 15.9 Å². The van der Waals surface area contributed by atoms with Crippen molar-refractivity contribution in [2.45, 2.75) is 4.90 Å². The predicted molar refractivity (Wildman–Crippen MR) is 50.2 cm³/mol. The summed E-state index contributed by atoms with van der Waals surface area (Å²) in [6, 6.07) is 10.3. The molecule has 0 fully saturated rings. The lowest BCUT2D eigenvalue weighted by molar-refractivity contribution is 0.585. The normalized spacial score (nSPS) is 10.2. The zero-order valence-electron chi connectivity index (χ0n) is 6.66. The van der Waals surface area contributed by atoms with E-state index in [1.165, 1.54) is 6.07 Å². The van der Waals surface area contributed by atoms with Gasteiger partial charge in [0.05, 0.1) is 5.39 Å². The SMILES string of the molecule is O=[S+]c1c(F)ccc2ccccc12. The molecule has 1 nitrogen and oxygen atoms in total. The highest BCUT2D eigenvalue weighted by Gasteiger charge is 2.18. The molecule has 2 aromatic carbocycles. The third-order valence-electron chi connectivity index (χ3n) is 1.91. The molecule has 0 bridgehead atoms. The first-order valence-electron chi connectivity index (χ1n) is 3.80. The Balaban J connectivity index is 2.91. The largest absolute Gasteiger partial charge is 0.509 e. The van der Waals surface area contributed by atoms with E-state index in [0.29, 0.717) is 5.39 Å². The third kappa shape index (κ3) is 1.31. The summed E-state index contributed by atoms with van der Waals surface area (Å²) in [4.78, 5) is 0.179. The highest BCUT2D eigenvalue weighted by Crippen LogP contribution is 2.21. The molecule has 2 aromatic rings. The lowest BCUT2D eigenvalue weighted by atomic mass is 10.1. The predicted octanol–water partition coefficient (Wildman–Crippen LogP) is 2.77. The average Bonchev–Trinajstić information content (AvgIpc) is 2.18. The van der Waals surface area contributed by atoms with Gasteiger partial charge in [-0.15, -0.1) is 0 Å². The lowest BCUT2D eigenvalue weighted by Gasteiger charge is -1.93. The van der Waals surface area contributed by atoms with Gasteiger partial charge in [0.1, 0.15) is 0 Å². The van der Waals surface area contributed by atoms with Gasteiger partial charge < -0.3 is 0 Å². The van der Waals surface area contributed by atoms with Crippen molar-refractivity contribution in [1.29, 1.82) is 0 Å². The standard InChI is InChI=1S/C10H6FOS/c11-9-6-5-7-3-1-2-4-8(7)10(9)13-12/h1-6H/q+1. The Kier molecular flexibility index (Phi) is 2.02. The molecule has 0 radical (unpaired) electrons. The van der Waals surface area contributed by atoms with Crippen molar-refractivity contribution in [1.82, 2.24) is 0 Å². The Morgan fingerprint density at radius 2 is 1.85 bits per heavy atom. The molecule has 0 heterocycles. The van der Waals surface area contributed by atoms with Crippen LogP contribution in [-0.4, -0.2) is 0 Å². The third-order valence-corrected chi connectivity index (χ3v) is 2.50. The fraction of sp³-hybridized carbons (Fsp3) is 0. The van der Waals surface area contributed by atoms with Crippen LogP contribution in [0.15, 0.2) is 41.3 Å². The lowest BCUT2D eigenvalue weighted by Crippen LogP contribution is -1.84. The van der Waals surface area contributed by atoms with Crippen molar-refractivity contribution < 1.29 is 8.60 Å². The molecule has 0 aliphatic carbocycles. The van der Waals surface area contributed by atoms with Gasteiger partial charge in [0.2, 0.25) is 0 Å². The van der Waals surface area contributed by atoms with Gasteiger partial charge in [-0.3, -0.25) is 0 Å². The molecule has 0 amide bonds. The van der Waals surface area contributed by atoms with Crippen LogP contribution in [0.2, 0.25) is 0 Å². The van der Waals surface area contributed by atoms with Crippen LogP contribution in [0.1, 0.15) is 0 Å². The van der Waals surface area contributed by atoms with Gasteiger partial charge in [-0.2, -0.15) is 0 Å². The van der Waals surface area contributed by atoms with E-state index in [1.807, 2.05) is 12.1 Å². The van der Waals surface area contributed by atoms with Crippen molar-refractivity contribution in [3.05, 3.63) is 42.2 Å². The van der Waals surface area contributed by atoms with E-state index in [2.05, 4.69) is 0 Å². The molecule has 3 heteroatoms. The Labute approximate surface area is 78.7 Å². The molecule has 0 spiro atoms. The molecule has 0 N–H and O–H groups in total. The molecule has 0 atom stereocenters. The molecule has 0 aliphatic heterocycles. The Morgan fingerprint density at radius 3 is 2.62 bits per heavy atom. The molecule has 2 rings (SSSR count). The topological polar surface area (TPSA) is 17.1 Å². The molecule has 0 saturated heterocycles. The van der Waals surface area contributed by atoms with Crippen molar-refractivity contribution in [2.75, 3.05) is 0 Å². The van der Waals surface area contributed by atoms with Gasteiger partial charge in [0.15, 0.2) is 5.82 Å². The minimum atomic E-state index is -0.446. The van der Waals surface area contributed by atoms with Crippen LogP contribution >= 0.6 is 0 Å². The Morgan fingerprint density at radius 1 is 1.08 bits per heavy atom. The summed E-state index contributed by atoms with van der Waals surface area (Å²) in [5.41, 5.74) is 0. The summed E-state index contributed by atoms with van der Waals surface area (Å²) in [5.74, 6) is -0.446. The number of halogens is 1. The maximum Gasteiger partial charge on any atom is 0.509 e. The van der Waals surface area contributed by atoms with E-state index < -0.39 is 5.82 Å². The maximum absolute atomic E-state index is 13.1. The quantitative estimate of drug-likeness (QED) is 0.636. The molecule has 0 aromatic heterocycles. The van der Waals surface area contributed by atoms with E-state index in [0.717, 1.165) is 5.39 Å². The second kappa shape index (κ2) is 3.18. The van der Waals surface area contributed by atoms with Crippen LogP contribution in [0.3, 0.4) is 0 Å². The van der Waals surface area contributed by atoms with Crippen LogP contribution < -0.4 is 0 Å². The molecule has 0 saturated carbocycles. The van der Waals surface area contributed by atoms with Crippen LogP contribution in [0, 0.1) is 5.82 Å². The minimum Gasteiger partial charge on any atom is -0.201 e. The van der Waals surface area contributed by atoms with E-state index in [1.54, 1.807) is 18.2 Å². The minimum absolute atomic E-state index is 0.179. The summed E-state index contributed by atoms with van der Waals surface area (Å²) in [6.45, 7) is 0. The smallest absolute Gasteiger partial charge is 0.201 e. The first kappa shape index (κ1) is 8.26. The fourth-order valence-corrected chi connectivity index (χ4v) is 1.72. The number of rotatable bonds is 1. The first-order valence-corrected chi connectivity index (χ1v) is 4.54. The summed E-state index contributed by atoms with van der Waals surface area (Å²) >= 11 is 0.200. The second-order valence-corrected chi connectivity index (χ2v) is 3.26. The highest BCUT2D eigenvalue weighted by molar-refractivity contribution is 7.66. The zero-order valence-corrected chi connectivity index (χ0v) is 7.48. The molecule has 0 aliphatic rings. The second-order valence-electron chi connectivity index (χ2n) is 2.68. The molecule has 64 valence electrons. The van der Waals surface area contributed by atoms with E-state index in [4.69, 9.17) is 0 Å². The van der Waals surface area contributed by atoms with Crippen molar-refractivity contribution in [3.8, 4) is 0 Å². The summed E-state index contributed by atoms with van der Waals surface area (Å²) < 4.78 is 23.7. The fourth-order valence-electron chi connectivity index (χ4n) is 1.30. The van der Waals surface area contributed by atoms with Gasteiger partial charge in [-0.05, 0) is 17.5 Å². The van der Waals surface area contributed by atoms with E-state index in [9.17, 15) is 8.60 Å². The molecular formula is C10H6FOS+. The van der Waals surface area contributed by atoms with Crippen LogP contribution in [0.4, 0.5) is 4.39 Å². The number of fused-ring (bicyclic) bond motifs is 1. The van der Waals surface area contributed by atoms with Gasteiger partial charge in [0, 0.05) is 4.21 Å². The van der Waals surface area contributed by atoms with Crippen molar-refractivity contribution >= 4 is 22.4 Å². The molecule has 0 unspecified atom stereocenters. The summed E-state index contributed by atoms with van der Waals surface area (Å²) in [6.07, 6.45) is 0. The Bertz CT molecular complexity index is 467. The zero-order chi connectivity index (χ0) is 9.26. The summed E-state index contributed by atoms with van der Waals surface area (Å²) in [5, 5.41) is 1.57. The summed E-state index contributed by atoms with van der Waals surface area (Å²) in [7, 11) is 0. The average molecular weight is 193 g/mol. The van der Waals surface area contributed by atoms with Gasteiger partial charge in [0.25, 0.3) is 0 Å². The van der Waals surface area contributed by atoms with Crippen LogP contribution in [0.25, 0.3) is 10.8 Å². The number of hydrogen-bond acceptors (Lipinski definition) is 1.